The van der Waals surface area contributed by atoms with Gasteiger partial charge in [0.1, 0.15) is 5.70 Å². The summed E-state index contributed by atoms with van der Waals surface area (Å²) in [5.41, 5.74) is 1.58. The molecule has 0 aliphatic carbocycles. The van der Waals surface area contributed by atoms with Crippen LogP contribution in [0.2, 0.25) is 0 Å². The Morgan fingerprint density at radius 2 is 1.97 bits per heavy atom. The number of carbonyl (C=O) groups excluding carboxylic acids is 2. The molecule has 3 amide bonds. The third kappa shape index (κ3) is 4.86. The van der Waals surface area contributed by atoms with E-state index >= 15 is 0 Å². The van der Waals surface area contributed by atoms with Gasteiger partial charge in [0, 0.05) is 0 Å². The first-order valence-electron chi connectivity index (χ1n) is 8.49. The fraction of sp³-hybridized carbons (Fsp3) is 0.150. The van der Waals surface area contributed by atoms with Crippen LogP contribution in [0.5, 0.6) is 11.5 Å². The lowest BCUT2D eigenvalue weighted by molar-refractivity contribution is -0.139. The van der Waals surface area contributed by atoms with Gasteiger partial charge in [-0.15, -0.1) is 0 Å². The molecule has 0 unspecified atom stereocenters. The zero-order valence-corrected chi connectivity index (χ0v) is 17.5. The SMILES string of the molecule is COc1cc(/C=C2/NC(=O)N(Cc3ccccc3)C2=O)cc(I)c1OCC(=O)O. The zero-order valence-electron chi connectivity index (χ0n) is 15.3. The Morgan fingerprint density at radius 1 is 1.24 bits per heavy atom. The molecule has 150 valence electrons. The van der Waals surface area contributed by atoms with Crippen LogP contribution in [0.4, 0.5) is 4.79 Å². The topological polar surface area (TPSA) is 105 Å². The highest BCUT2D eigenvalue weighted by Crippen LogP contribution is 2.34. The molecule has 0 atom stereocenters. The zero-order chi connectivity index (χ0) is 21.0. The molecular formula is C20H17IN2O6. The first-order chi connectivity index (χ1) is 13.9. The van der Waals surface area contributed by atoms with Gasteiger partial charge in [-0.2, -0.15) is 0 Å². The highest BCUT2D eigenvalue weighted by Gasteiger charge is 2.33. The van der Waals surface area contributed by atoms with Crippen LogP contribution in [0, 0.1) is 3.57 Å². The summed E-state index contributed by atoms with van der Waals surface area (Å²) in [5.74, 6) is -0.918. The Morgan fingerprint density at radius 3 is 2.62 bits per heavy atom. The number of benzene rings is 2. The number of carboxylic acid groups (broad SMARTS) is 1. The summed E-state index contributed by atoms with van der Waals surface area (Å²) >= 11 is 1.99. The van der Waals surface area contributed by atoms with Gasteiger partial charge in [-0.3, -0.25) is 9.69 Å². The van der Waals surface area contributed by atoms with E-state index in [1.165, 1.54) is 13.2 Å². The van der Waals surface area contributed by atoms with E-state index in [0.717, 1.165) is 10.5 Å². The number of nitrogens with zero attached hydrogens (tertiary/aromatic N) is 1. The molecule has 0 radical (unpaired) electrons. The van der Waals surface area contributed by atoms with E-state index in [2.05, 4.69) is 5.32 Å². The predicted octanol–water partition coefficient (Wildman–Crippen LogP) is 2.86. The van der Waals surface area contributed by atoms with Crippen LogP contribution in [0.1, 0.15) is 11.1 Å². The number of nitrogens with one attached hydrogen (secondary N) is 1. The number of halogens is 1. The van der Waals surface area contributed by atoms with Gasteiger partial charge in [-0.1, -0.05) is 30.3 Å². The number of imide groups is 1. The van der Waals surface area contributed by atoms with Crippen LogP contribution in [-0.4, -0.2) is 41.6 Å². The Hall–Kier alpha value is -3.08. The highest BCUT2D eigenvalue weighted by molar-refractivity contribution is 14.1. The standard InChI is InChI=1S/C20H17IN2O6/c1-28-16-9-13(7-14(21)18(16)29-11-17(24)25)8-15-19(26)23(20(27)22-15)10-12-5-3-2-4-6-12/h2-9H,10-11H2,1H3,(H,22,27)(H,24,25)/b15-8+. The minimum atomic E-state index is -1.10. The van der Waals surface area contributed by atoms with E-state index in [-0.39, 0.29) is 12.2 Å². The molecule has 1 aliphatic rings. The molecule has 2 aromatic rings. The fourth-order valence-electron chi connectivity index (χ4n) is 2.74. The summed E-state index contributed by atoms with van der Waals surface area (Å²) in [6.07, 6.45) is 1.54. The average Bonchev–Trinajstić information content (AvgIpc) is 2.94. The first-order valence-corrected chi connectivity index (χ1v) is 9.57. The van der Waals surface area contributed by atoms with Gasteiger partial charge in [0.05, 0.1) is 17.2 Å². The summed E-state index contributed by atoms with van der Waals surface area (Å²) in [6, 6.07) is 12.0. The van der Waals surface area contributed by atoms with E-state index in [9.17, 15) is 14.4 Å². The molecule has 1 fully saturated rings. The number of urea groups is 1. The summed E-state index contributed by atoms with van der Waals surface area (Å²) in [7, 11) is 1.43. The van der Waals surface area contributed by atoms with Crippen molar-refractivity contribution in [2.24, 2.45) is 0 Å². The van der Waals surface area contributed by atoms with Crippen LogP contribution in [0.15, 0.2) is 48.2 Å². The van der Waals surface area contributed by atoms with Crippen molar-refractivity contribution < 1.29 is 29.0 Å². The molecule has 29 heavy (non-hydrogen) atoms. The number of rotatable bonds is 7. The van der Waals surface area contributed by atoms with Crippen LogP contribution < -0.4 is 14.8 Å². The van der Waals surface area contributed by atoms with Crippen molar-refractivity contribution in [1.29, 1.82) is 0 Å². The molecule has 9 heteroatoms. The maximum atomic E-state index is 12.7. The maximum Gasteiger partial charge on any atom is 0.341 e. The summed E-state index contributed by atoms with van der Waals surface area (Å²) in [6.45, 7) is -0.332. The summed E-state index contributed by atoms with van der Waals surface area (Å²) in [5, 5.41) is 11.4. The van der Waals surface area contributed by atoms with Crippen molar-refractivity contribution in [1.82, 2.24) is 10.2 Å². The van der Waals surface area contributed by atoms with E-state index in [4.69, 9.17) is 14.6 Å². The Balaban J connectivity index is 1.84. The minimum Gasteiger partial charge on any atom is -0.493 e. The molecule has 0 spiro atoms. The third-order valence-electron chi connectivity index (χ3n) is 4.05. The molecule has 1 heterocycles. The number of hydrogen-bond donors (Lipinski definition) is 2. The van der Waals surface area contributed by atoms with Crippen molar-refractivity contribution in [3.63, 3.8) is 0 Å². The lowest BCUT2D eigenvalue weighted by Crippen LogP contribution is -2.30. The van der Waals surface area contributed by atoms with Gasteiger partial charge in [-0.05, 0) is 51.9 Å². The van der Waals surface area contributed by atoms with E-state index in [1.807, 2.05) is 52.9 Å². The Bertz CT molecular complexity index is 990. The normalized spacial score (nSPS) is 14.8. The van der Waals surface area contributed by atoms with Crippen LogP contribution in [0.25, 0.3) is 6.08 Å². The molecule has 2 N–H and O–H groups in total. The maximum absolute atomic E-state index is 12.7. The van der Waals surface area contributed by atoms with Gasteiger partial charge in [0.15, 0.2) is 18.1 Å². The number of aliphatic carboxylic acids is 1. The highest BCUT2D eigenvalue weighted by atomic mass is 127. The van der Waals surface area contributed by atoms with Crippen molar-refractivity contribution in [3.05, 3.63) is 62.9 Å². The second-order valence-electron chi connectivity index (χ2n) is 6.08. The van der Waals surface area contributed by atoms with Gasteiger partial charge < -0.3 is 19.9 Å². The molecule has 0 bridgehead atoms. The largest absolute Gasteiger partial charge is 0.493 e. The van der Waals surface area contributed by atoms with E-state index < -0.39 is 24.5 Å². The number of hydrogen-bond acceptors (Lipinski definition) is 5. The van der Waals surface area contributed by atoms with Crippen molar-refractivity contribution in [2.45, 2.75) is 6.54 Å². The first kappa shape index (κ1) is 20.6. The number of amides is 3. The third-order valence-corrected chi connectivity index (χ3v) is 4.85. The van der Waals surface area contributed by atoms with Crippen LogP contribution in [0.3, 0.4) is 0 Å². The van der Waals surface area contributed by atoms with E-state index in [1.54, 1.807) is 12.1 Å². The minimum absolute atomic E-state index is 0.142. The molecule has 2 aromatic carbocycles. The van der Waals surface area contributed by atoms with Crippen molar-refractivity contribution >= 4 is 46.6 Å². The number of carbonyl (C=O) groups is 3. The lowest BCUT2D eigenvalue weighted by atomic mass is 10.1. The molecular weight excluding hydrogens is 491 g/mol. The van der Waals surface area contributed by atoms with Gasteiger partial charge in [0.25, 0.3) is 5.91 Å². The molecule has 3 rings (SSSR count). The Labute approximate surface area is 180 Å². The quantitative estimate of drug-likeness (QED) is 0.339. The molecule has 8 nitrogen and oxygen atoms in total. The fourth-order valence-corrected chi connectivity index (χ4v) is 3.53. The average molecular weight is 508 g/mol. The molecule has 0 saturated carbocycles. The predicted molar refractivity (Wildman–Crippen MR) is 112 cm³/mol. The molecule has 0 aromatic heterocycles. The van der Waals surface area contributed by atoms with Gasteiger partial charge in [0.2, 0.25) is 0 Å². The second-order valence-corrected chi connectivity index (χ2v) is 7.24. The lowest BCUT2D eigenvalue weighted by Gasteiger charge is -2.12. The monoisotopic (exact) mass is 508 g/mol. The van der Waals surface area contributed by atoms with Gasteiger partial charge in [-0.25, -0.2) is 9.59 Å². The van der Waals surface area contributed by atoms with Crippen molar-refractivity contribution in [3.8, 4) is 11.5 Å². The van der Waals surface area contributed by atoms with Gasteiger partial charge >= 0.3 is 12.0 Å². The molecule has 1 saturated heterocycles. The Kier molecular flexibility index (Phi) is 6.37. The number of carboxylic acids is 1. The number of ether oxygens (including phenoxy) is 2. The summed E-state index contributed by atoms with van der Waals surface area (Å²) < 4.78 is 11.2. The van der Waals surface area contributed by atoms with Crippen molar-refractivity contribution in [2.75, 3.05) is 13.7 Å². The second kappa shape index (κ2) is 8.95. The summed E-state index contributed by atoms with van der Waals surface area (Å²) in [4.78, 5) is 36.8. The van der Waals surface area contributed by atoms with Crippen LogP contribution in [-0.2, 0) is 16.1 Å². The smallest absolute Gasteiger partial charge is 0.341 e. The van der Waals surface area contributed by atoms with Crippen LogP contribution >= 0.6 is 22.6 Å². The molecule has 1 aliphatic heterocycles. The van der Waals surface area contributed by atoms with E-state index in [0.29, 0.717) is 20.6 Å². The number of methoxy groups -OCH3 is 1.